The highest BCUT2D eigenvalue weighted by atomic mass is 32.2. The zero-order valence-corrected chi connectivity index (χ0v) is 14.1. The minimum atomic E-state index is -3.45. The number of sulfonamides is 1. The summed E-state index contributed by atoms with van der Waals surface area (Å²) in [5.74, 6) is 0. The van der Waals surface area contributed by atoms with Gasteiger partial charge in [0.25, 0.3) is 0 Å². The fourth-order valence-corrected chi connectivity index (χ4v) is 3.18. The summed E-state index contributed by atoms with van der Waals surface area (Å²) < 4.78 is 29.3. The van der Waals surface area contributed by atoms with Gasteiger partial charge in [0.05, 0.1) is 4.90 Å². The molecular formula is C14H27N3O2S. The Bertz CT molecular complexity index is 539. The molecule has 1 rings (SSSR count). The van der Waals surface area contributed by atoms with Crippen LogP contribution < -0.4 is 10.0 Å². The second-order valence-corrected chi connectivity index (χ2v) is 8.35. The highest BCUT2D eigenvalue weighted by Crippen LogP contribution is 2.20. The van der Waals surface area contributed by atoms with Crippen molar-refractivity contribution in [2.75, 3.05) is 13.6 Å². The van der Waals surface area contributed by atoms with Crippen molar-refractivity contribution in [1.29, 1.82) is 0 Å². The van der Waals surface area contributed by atoms with Gasteiger partial charge in [-0.2, -0.15) is 0 Å². The summed E-state index contributed by atoms with van der Waals surface area (Å²) in [4.78, 5) is 0.334. The van der Waals surface area contributed by atoms with E-state index in [4.69, 9.17) is 0 Å². The summed E-state index contributed by atoms with van der Waals surface area (Å²) in [6.07, 6.45) is 1.71. The van der Waals surface area contributed by atoms with Crippen LogP contribution in [0.1, 0.15) is 46.4 Å². The van der Waals surface area contributed by atoms with E-state index in [9.17, 15) is 8.42 Å². The maximum absolute atomic E-state index is 12.3. The number of rotatable bonds is 6. The van der Waals surface area contributed by atoms with E-state index in [1.54, 1.807) is 12.3 Å². The molecule has 0 fully saturated rings. The molecule has 0 aliphatic carbocycles. The first-order chi connectivity index (χ1) is 9.07. The highest BCUT2D eigenvalue weighted by Gasteiger charge is 2.21. The van der Waals surface area contributed by atoms with Gasteiger partial charge in [-0.15, -0.1) is 0 Å². The predicted octanol–water partition coefficient (Wildman–Crippen LogP) is 2.11. The Hall–Kier alpha value is -0.850. The molecule has 0 bridgehead atoms. The van der Waals surface area contributed by atoms with Gasteiger partial charge in [-0.3, -0.25) is 0 Å². The van der Waals surface area contributed by atoms with Crippen LogP contribution in [-0.4, -0.2) is 26.6 Å². The van der Waals surface area contributed by atoms with Gasteiger partial charge in [0.2, 0.25) is 10.0 Å². The molecular weight excluding hydrogens is 274 g/mol. The van der Waals surface area contributed by atoms with Crippen LogP contribution in [0.5, 0.6) is 0 Å². The molecule has 0 atom stereocenters. The molecule has 0 saturated heterocycles. The zero-order chi connectivity index (χ0) is 15.6. The Balaban J connectivity index is 3.04. The zero-order valence-electron chi connectivity index (χ0n) is 13.3. The molecule has 0 unspecified atom stereocenters. The Morgan fingerprint density at radius 2 is 1.90 bits per heavy atom. The lowest BCUT2D eigenvalue weighted by Crippen LogP contribution is -2.32. The third-order valence-corrected chi connectivity index (χ3v) is 4.29. The van der Waals surface area contributed by atoms with Gasteiger partial charge >= 0.3 is 0 Å². The van der Waals surface area contributed by atoms with Crippen molar-refractivity contribution in [3.8, 4) is 0 Å². The molecule has 0 spiro atoms. The summed E-state index contributed by atoms with van der Waals surface area (Å²) >= 11 is 0. The fourth-order valence-electron chi connectivity index (χ4n) is 1.84. The SMILES string of the molecule is CNCc1cc(S(=O)(=O)NCC(C)(C)C)cn1C(C)C. The van der Waals surface area contributed by atoms with E-state index in [0.29, 0.717) is 18.0 Å². The molecule has 20 heavy (non-hydrogen) atoms. The van der Waals surface area contributed by atoms with Gasteiger partial charge in [-0.05, 0) is 32.4 Å². The first-order valence-electron chi connectivity index (χ1n) is 6.92. The molecule has 5 nitrogen and oxygen atoms in total. The molecule has 0 amide bonds. The topological polar surface area (TPSA) is 63.1 Å². The van der Waals surface area contributed by atoms with E-state index in [1.807, 2.05) is 46.2 Å². The van der Waals surface area contributed by atoms with Crippen molar-refractivity contribution >= 4 is 10.0 Å². The largest absolute Gasteiger partial charge is 0.346 e. The average Bonchev–Trinajstić information content (AvgIpc) is 2.71. The molecule has 0 aliphatic rings. The predicted molar refractivity (Wildman–Crippen MR) is 82.2 cm³/mol. The van der Waals surface area contributed by atoms with E-state index in [-0.39, 0.29) is 11.5 Å². The summed E-state index contributed by atoms with van der Waals surface area (Å²) in [5, 5.41) is 3.06. The van der Waals surface area contributed by atoms with Crippen molar-refractivity contribution in [3.05, 3.63) is 18.0 Å². The maximum Gasteiger partial charge on any atom is 0.242 e. The first-order valence-corrected chi connectivity index (χ1v) is 8.40. The smallest absolute Gasteiger partial charge is 0.242 e. The van der Waals surface area contributed by atoms with Gasteiger partial charge in [-0.1, -0.05) is 20.8 Å². The van der Waals surface area contributed by atoms with Crippen LogP contribution >= 0.6 is 0 Å². The van der Waals surface area contributed by atoms with Crippen LogP contribution in [0.15, 0.2) is 17.2 Å². The van der Waals surface area contributed by atoms with E-state index >= 15 is 0 Å². The molecule has 116 valence electrons. The summed E-state index contributed by atoms with van der Waals surface area (Å²) in [5.41, 5.74) is 0.889. The third-order valence-electron chi connectivity index (χ3n) is 2.92. The van der Waals surface area contributed by atoms with Crippen molar-refractivity contribution < 1.29 is 8.42 Å². The number of nitrogens with zero attached hydrogens (tertiary/aromatic N) is 1. The molecule has 1 aromatic rings. The Labute approximate surface area is 122 Å². The lowest BCUT2D eigenvalue weighted by molar-refractivity contribution is 0.407. The van der Waals surface area contributed by atoms with E-state index in [2.05, 4.69) is 10.0 Å². The second kappa shape index (κ2) is 6.28. The molecule has 1 aromatic heterocycles. The van der Waals surface area contributed by atoms with E-state index in [1.165, 1.54) is 0 Å². The van der Waals surface area contributed by atoms with Crippen LogP contribution in [0.3, 0.4) is 0 Å². The second-order valence-electron chi connectivity index (χ2n) is 6.58. The van der Waals surface area contributed by atoms with Crippen LogP contribution in [0.4, 0.5) is 0 Å². The van der Waals surface area contributed by atoms with Gasteiger partial charge in [0, 0.05) is 31.0 Å². The minimum Gasteiger partial charge on any atom is -0.346 e. The molecule has 0 aromatic carbocycles. The van der Waals surface area contributed by atoms with Crippen LogP contribution in [0.2, 0.25) is 0 Å². The number of hydrogen-bond donors (Lipinski definition) is 2. The van der Waals surface area contributed by atoms with Crippen molar-refractivity contribution in [3.63, 3.8) is 0 Å². The minimum absolute atomic E-state index is 0.0819. The van der Waals surface area contributed by atoms with Crippen LogP contribution in [0.25, 0.3) is 0 Å². The van der Waals surface area contributed by atoms with Gasteiger partial charge in [0.1, 0.15) is 0 Å². The van der Waals surface area contributed by atoms with Crippen molar-refractivity contribution in [2.45, 2.75) is 52.1 Å². The Morgan fingerprint density at radius 3 is 2.35 bits per heavy atom. The lowest BCUT2D eigenvalue weighted by atomic mass is 9.98. The normalized spacial score (nSPS) is 13.2. The quantitative estimate of drug-likeness (QED) is 0.846. The lowest BCUT2D eigenvalue weighted by Gasteiger charge is -2.18. The monoisotopic (exact) mass is 301 g/mol. The molecule has 0 radical (unpaired) electrons. The number of nitrogens with one attached hydrogen (secondary N) is 2. The fraction of sp³-hybridized carbons (Fsp3) is 0.714. The summed E-state index contributed by atoms with van der Waals surface area (Å²) in [6, 6.07) is 1.96. The average molecular weight is 301 g/mol. The molecule has 0 saturated carbocycles. The molecule has 2 N–H and O–H groups in total. The van der Waals surface area contributed by atoms with Gasteiger partial charge < -0.3 is 9.88 Å². The third kappa shape index (κ3) is 4.61. The molecule has 0 aliphatic heterocycles. The molecule has 1 heterocycles. The Kier molecular flexibility index (Phi) is 5.40. The van der Waals surface area contributed by atoms with E-state index < -0.39 is 10.0 Å². The number of aromatic nitrogens is 1. The Morgan fingerprint density at radius 1 is 1.30 bits per heavy atom. The van der Waals surface area contributed by atoms with Gasteiger partial charge in [0.15, 0.2) is 0 Å². The molecule has 6 heteroatoms. The number of hydrogen-bond acceptors (Lipinski definition) is 3. The van der Waals surface area contributed by atoms with Gasteiger partial charge in [-0.25, -0.2) is 13.1 Å². The van der Waals surface area contributed by atoms with Crippen LogP contribution in [-0.2, 0) is 16.6 Å². The highest BCUT2D eigenvalue weighted by molar-refractivity contribution is 7.89. The van der Waals surface area contributed by atoms with Crippen molar-refractivity contribution in [1.82, 2.24) is 14.6 Å². The first kappa shape index (κ1) is 17.2. The van der Waals surface area contributed by atoms with E-state index in [0.717, 1.165) is 5.69 Å². The summed E-state index contributed by atoms with van der Waals surface area (Å²) in [7, 11) is -1.59. The maximum atomic E-state index is 12.3. The summed E-state index contributed by atoms with van der Waals surface area (Å²) in [6.45, 7) is 11.1. The standard InChI is InChI=1S/C14H27N3O2S/c1-11(2)17-9-13(7-12(17)8-15-6)20(18,19)16-10-14(3,4)5/h7,9,11,15-16H,8,10H2,1-6H3. The van der Waals surface area contributed by atoms with Crippen molar-refractivity contribution in [2.24, 2.45) is 5.41 Å². The van der Waals surface area contributed by atoms with Crippen LogP contribution in [0, 0.1) is 5.41 Å².